The maximum absolute atomic E-state index is 12.1. The topological polar surface area (TPSA) is 89.5 Å². The zero-order valence-electron chi connectivity index (χ0n) is 12.4. The molecule has 1 amide bonds. The Balaban J connectivity index is 1.97. The SMILES string of the molecule is COC(=O)c1ccccc1NC(=O)CC1CCS(=O)(=O)CC1. The minimum atomic E-state index is -2.92. The quantitative estimate of drug-likeness (QED) is 0.850. The highest BCUT2D eigenvalue weighted by atomic mass is 32.2. The fourth-order valence-electron chi connectivity index (χ4n) is 2.49. The van der Waals surface area contributed by atoms with Crippen molar-refractivity contribution in [3.63, 3.8) is 0 Å². The van der Waals surface area contributed by atoms with Crippen molar-refractivity contribution in [2.75, 3.05) is 23.9 Å². The first kappa shape index (κ1) is 16.5. The molecule has 0 unspecified atom stereocenters. The summed E-state index contributed by atoms with van der Waals surface area (Å²) in [4.78, 5) is 23.7. The summed E-state index contributed by atoms with van der Waals surface area (Å²) in [5.74, 6) is -0.387. The van der Waals surface area contributed by atoms with E-state index in [0.29, 0.717) is 24.1 Å². The average molecular weight is 325 g/mol. The minimum Gasteiger partial charge on any atom is -0.465 e. The molecule has 1 heterocycles. The highest BCUT2D eigenvalue weighted by molar-refractivity contribution is 7.91. The predicted octanol–water partition coefficient (Wildman–Crippen LogP) is 1.63. The number of nitrogens with one attached hydrogen (secondary N) is 1. The van der Waals surface area contributed by atoms with Crippen LogP contribution in [0, 0.1) is 5.92 Å². The number of para-hydroxylation sites is 1. The zero-order valence-corrected chi connectivity index (χ0v) is 13.2. The average Bonchev–Trinajstić information content (AvgIpc) is 2.49. The molecule has 1 aromatic rings. The van der Waals surface area contributed by atoms with Crippen LogP contribution in [0.5, 0.6) is 0 Å². The summed E-state index contributed by atoms with van der Waals surface area (Å²) in [7, 11) is -1.64. The molecule has 0 saturated carbocycles. The summed E-state index contributed by atoms with van der Waals surface area (Å²) in [5, 5.41) is 2.70. The number of hydrogen-bond acceptors (Lipinski definition) is 5. The largest absolute Gasteiger partial charge is 0.465 e. The van der Waals surface area contributed by atoms with Crippen molar-refractivity contribution in [3.8, 4) is 0 Å². The van der Waals surface area contributed by atoms with E-state index in [-0.39, 0.29) is 29.8 Å². The zero-order chi connectivity index (χ0) is 16.2. The Morgan fingerprint density at radius 1 is 1.23 bits per heavy atom. The van der Waals surface area contributed by atoms with Crippen LogP contribution in [-0.2, 0) is 19.4 Å². The van der Waals surface area contributed by atoms with Gasteiger partial charge in [-0.2, -0.15) is 0 Å². The van der Waals surface area contributed by atoms with Crippen LogP contribution in [0.4, 0.5) is 5.69 Å². The summed E-state index contributed by atoms with van der Waals surface area (Å²) in [6, 6.07) is 6.62. The van der Waals surface area contributed by atoms with Gasteiger partial charge in [-0.25, -0.2) is 13.2 Å². The Labute approximate surface area is 129 Å². The van der Waals surface area contributed by atoms with Crippen LogP contribution >= 0.6 is 0 Å². The van der Waals surface area contributed by atoms with Crippen molar-refractivity contribution in [2.24, 2.45) is 5.92 Å². The molecule has 0 spiro atoms. The van der Waals surface area contributed by atoms with Crippen LogP contribution in [0.3, 0.4) is 0 Å². The molecule has 6 nitrogen and oxygen atoms in total. The van der Waals surface area contributed by atoms with Crippen LogP contribution in [-0.4, -0.2) is 38.9 Å². The summed E-state index contributed by atoms with van der Waals surface area (Å²) in [6.45, 7) is 0. The van der Waals surface area contributed by atoms with E-state index in [2.05, 4.69) is 10.1 Å². The molecule has 7 heteroatoms. The molecule has 0 aliphatic carbocycles. The number of hydrogen-bond donors (Lipinski definition) is 1. The second-order valence-electron chi connectivity index (χ2n) is 5.38. The maximum Gasteiger partial charge on any atom is 0.339 e. The minimum absolute atomic E-state index is 0.0637. The van der Waals surface area contributed by atoms with Crippen LogP contribution < -0.4 is 5.32 Å². The molecular formula is C15H19NO5S. The molecule has 0 aromatic heterocycles. The second-order valence-corrected chi connectivity index (χ2v) is 7.69. The lowest BCUT2D eigenvalue weighted by Crippen LogP contribution is -2.27. The lowest BCUT2D eigenvalue weighted by molar-refractivity contribution is -0.117. The van der Waals surface area contributed by atoms with Gasteiger partial charge in [-0.05, 0) is 30.9 Å². The third-order valence-corrected chi connectivity index (χ3v) is 5.47. The molecule has 1 aliphatic heterocycles. The number of ether oxygens (including phenoxy) is 1. The van der Waals surface area contributed by atoms with Crippen molar-refractivity contribution in [1.29, 1.82) is 0 Å². The number of benzene rings is 1. The van der Waals surface area contributed by atoms with Gasteiger partial charge in [0.25, 0.3) is 0 Å². The van der Waals surface area contributed by atoms with Crippen LogP contribution in [0.15, 0.2) is 24.3 Å². The number of sulfone groups is 1. The molecular weight excluding hydrogens is 306 g/mol. The Morgan fingerprint density at radius 3 is 2.50 bits per heavy atom. The normalized spacial score (nSPS) is 17.7. The summed E-state index contributed by atoms with van der Waals surface area (Å²) < 4.78 is 27.4. The fourth-order valence-corrected chi connectivity index (χ4v) is 4.08. The van der Waals surface area contributed by atoms with Gasteiger partial charge < -0.3 is 10.1 Å². The van der Waals surface area contributed by atoms with Gasteiger partial charge in [-0.3, -0.25) is 4.79 Å². The van der Waals surface area contributed by atoms with Gasteiger partial charge in [0.2, 0.25) is 5.91 Å². The molecule has 0 bridgehead atoms. The predicted molar refractivity (Wildman–Crippen MR) is 82.4 cm³/mol. The first-order valence-corrected chi connectivity index (χ1v) is 8.91. The number of esters is 1. The molecule has 1 saturated heterocycles. The van der Waals surface area contributed by atoms with E-state index in [9.17, 15) is 18.0 Å². The van der Waals surface area contributed by atoms with Gasteiger partial charge in [0.1, 0.15) is 9.84 Å². The number of methoxy groups -OCH3 is 1. The Morgan fingerprint density at radius 2 is 1.86 bits per heavy atom. The Bertz CT molecular complexity index is 654. The fraction of sp³-hybridized carbons (Fsp3) is 0.467. The van der Waals surface area contributed by atoms with E-state index < -0.39 is 15.8 Å². The standard InChI is InChI=1S/C15H19NO5S/c1-21-15(18)12-4-2-3-5-13(12)16-14(17)10-11-6-8-22(19,20)9-7-11/h2-5,11H,6-10H2,1H3,(H,16,17). The van der Waals surface area contributed by atoms with Crippen molar-refractivity contribution < 1.29 is 22.7 Å². The number of amides is 1. The summed E-state index contributed by atoms with van der Waals surface area (Å²) in [6.07, 6.45) is 1.27. The molecule has 2 rings (SSSR count). The van der Waals surface area contributed by atoms with Gasteiger partial charge in [0.05, 0.1) is 29.9 Å². The lowest BCUT2D eigenvalue weighted by atomic mass is 9.98. The van der Waals surface area contributed by atoms with E-state index in [1.165, 1.54) is 7.11 Å². The molecule has 1 fully saturated rings. The van der Waals surface area contributed by atoms with Crippen LogP contribution in [0.25, 0.3) is 0 Å². The van der Waals surface area contributed by atoms with Crippen LogP contribution in [0.2, 0.25) is 0 Å². The maximum atomic E-state index is 12.1. The molecule has 0 radical (unpaired) electrons. The number of rotatable bonds is 4. The molecule has 1 aromatic carbocycles. The van der Waals surface area contributed by atoms with Gasteiger partial charge in [0, 0.05) is 6.42 Å². The highest BCUT2D eigenvalue weighted by Gasteiger charge is 2.25. The van der Waals surface area contributed by atoms with E-state index in [0.717, 1.165) is 0 Å². The smallest absolute Gasteiger partial charge is 0.339 e. The third-order valence-electron chi connectivity index (χ3n) is 3.75. The van der Waals surface area contributed by atoms with Gasteiger partial charge in [0.15, 0.2) is 0 Å². The molecule has 0 atom stereocenters. The van der Waals surface area contributed by atoms with E-state index in [4.69, 9.17) is 0 Å². The van der Waals surface area contributed by atoms with Crippen molar-refractivity contribution in [1.82, 2.24) is 0 Å². The first-order chi connectivity index (χ1) is 10.4. The van der Waals surface area contributed by atoms with Crippen molar-refractivity contribution in [3.05, 3.63) is 29.8 Å². The highest BCUT2D eigenvalue weighted by Crippen LogP contribution is 2.23. The van der Waals surface area contributed by atoms with Gasteiger partial charge in [-0.15, -0.1) is 0 Å². The third kappa shape index (κ3) is 4.30. The monoisotopic (exact) mass is 325 g/mol. The van der Waals surface area contributed by atoms with Crippen LogP contribution in [0.1, 0.15) is 29.6 Å². The Kier molecular flexibility index (Phi) is 5.18. The molecule has 22 heavy (non-hydrogen) atoms. The van der Waals surface area contributed by atoms with Crippen molar-refractivity contribution >= 4 is 27.4 Å². The lowest BCUT2D eigenvalue weighted by Gasteiger charge is -2.21. The van der Waals surface area contributed by atoms with E-state index >= 15 is 0 Å². The van der Waals surface area contributed by atoms with E-state index in [1.807, 2.05) is 0 Å². The van der Waals surface area contributed by atoms with Gasteiger partial charge >= 0.3 is 5.97 Å². The second kappa shape index (κ2) is 6.91. The molecule has 1 N–H and O–H groups in total. The first-order valence-electron chi connectivity index (χ1n) is 7.09. The molecule has 1 aliphatic rings. The molecule has 120 valence electrons. The number of carbonyl (C=O) groups excluding carboxylic acids is 2. The summed E-state index contributed by atoms with van der Waals surface area (Å²) in [5.41, 5.74) is 0.701. The number of anilines is 1. The van der Waals surface area contributed by atoms with Gasteiger partial charge in [-0.1, -0.05) is 12.1 Å². The van der Waals surface area contributed by atoms with Crippen molar-refractivity contribution in [2.45, 2.75) is 19.3 Å². The Hall–Kier alpha value is -1.89. The van der Waals surface area contributed by atoms with E-state index in [1.54, 1.807) is 24.3 Å². The number of carbonyl (C=O) groups is 2. The summed E-state index contributed by atoms with van der Waals surface area (Å²) >= 11 is 0.